The lowest BCUT2D eigenvalue weighted by Gasteiger charge is -2.21. The highest BCUT2D eigenvalue weighted by molar-refractivity contribution is 6.18. The summed E-state index contributed by atoms with van der Waals surface area (Å²) >= 11 is 5.79. The second-order valence-electron chi connectivity index (χ2n) is 4.43. The molecular weight excluding hydrogens is 184 g/mol. The Bertz CT molecular complexity index is 150. The molecule has 2 unspecified atom stereocenters. The molecule has 0 aromatic carbocycles. The monoisotopic (exact) mass is 204 g/mol. The van der Waals surface area contributed by atoms with Crippen molar-refractivity contribution in [3.63, 3.8) is 0 Å². The van der Waals surface area contributed by atoms with Crippen molar-refractivity contribution in [3.05, 3.63) is 0 Å². The van der Waals surface area contributed by atoms with Crippen LogP contribution in [0.5, 0.6) is 0 Å². The molecule has 2 atom stereocenters. The molecule has 78 valence electrons. The predicted octanol–water partition coefficient (Wildman–Crippen LogP) is 1.50. The number of likely N-dealkylation sites (N-methyl/N-ethyl adjacent to an activating group) is 1. The van der Waals surface area contributed by atoms with E-state index in [1.807, 2.05) is 0 Å². The molecule has 0 N–H and O–H groups in total. The molecule has 0 aliphatic carbocycles. The molecule has 1 rings (SSSR count). The van der Waals surface area contributed by atoms with E-state index in [4.69, 9.17) is 11.6 Å². The highest BCUT2D eigenvalue weighted by Crippen LogP contribution is 2.14. The van der Waals surface area contributed by atoms with E-state index in [9.17, 15) is 0 Å². The normalized spacial score (nSPS) is 27.0. The standard InChI is InChI=1S/C10H21ClN2/c1-9(6-11)7-13-5-4-10(8-13)12(2)3/h9-10H,4-8H2,1-3H3. The Morgan fingerprint density at radius 2 is 2.23 bits per heavy atom. The second-order valence-corrected chi connectivity index (χ2v) is 4.73. The molecule has 1 heterocycles. The van der Waals surface area contributed by atoms with Gasteiger partial charge in [-0.05, 0) is 33.0 Å². The molecule has 13 heavy (non-hydrogen) atoms. The largest absolute Gasteiger partial charge is 0.305 e. The summed E-state index contributed by atoms with van der Waals surface area (Å²) in [5, 5.41) is 0. The number of nitrogens with zero attached hydrogens (tertiary/aromatic N) is 2. The lowest BCUT2D eigenvalue weighted by molar-refractivity contribution is 0.253. The van der Waals surface area contributed by atoms with Crippen molar-refractivity contribution in [2.75, 3.05) is 39.6 Å². The van der Waals surface area contributed by atoms with E-state index in [0.717, 1.165) is 18.5 Å². The fourth-order valence-corrected chi connectivity index (χ4v) is 1.99. The van der Waals surface area contributed by atoms with E-state index in [-0.39, 0.29) is 0 Å². The van der Waals surface area contributed by atoms with E-state index >= 15 is 0 Å². The quantitative estimate of drug-likeness (QED) is 0.641. The van der Waals surface area contributed by atoms with Crippen molar-refractivity contribution in [3.8, 4) is 0 Å². The van der Waals surface area contributed by atoms with Gasteiger partial charge in [0.15, 0.2) is 0 Å². The van der Waals surface area contributed by atoms with Crippen LogP contribution in [0.1, 0.15) is 13.3 Å². The number of hydrogen-bond acceptors (Lipinski definition) is 2. The summed E-state index contributed by atoms with van der Waals surface area (Å²) in [4.78, 5) is 4.85. The molecule has 1 saturated heterocycles. The SMILES string of the molecule is CC(CCl)CN1CCC(N(C)C)C1. The molecule has 0 saturated carbocycles. The molecule has 0 amide bonds. The van der Waals surface area contributed by atoms with E-state index in [0.29, 0.717) is 5.92 Å². The smallest absolute Gasteiger partial charge is 0.0261 e. The van der Waals surface area contributed by atoms with Gasteiger partial charge < -0.3 is 9.80 Å². The Labute approximate surface area is 86.8 Å². The Kier molecular flexibility index (Phi) is 4.50. The zero-order valence-corrected chi connectivity index (χ0v) is 9.72. The summed E-state index contributed by atoms with van der Waals surface area (Å²) in [5.74, 6) is 1.41. The lowest BCUT2D eigenvalue weighted by atomic mass is 10.2. The Morgan fingerprint density at radius 3 is 2.69 bits per heavy atom. The number of rotatable bonds is 4. The number of alkyl halides is 1. The van der Waals surface area contributed by atoms with Crippen LogP contribution in [0.3, 0.4) is 0 Å². The zero-order valence-electron chi connectivity index (χ0n) is 8.96. The molecule has 1 aliphatic heterocycles. The van der Waals surface area contributed by atoms with E-state index < -0.39 is 0 Å². The number of likely N-dealkylation sites (tertiary alicyclic amines) is 1. The Hall–Kier alpha value is 0.210. The van der Waals surface area contributed by atoms with Crippen LogP contribution in [-0.4, -0.2) is 55.5 Å². The Morgan fingerprint density at radius 1 is 1.54 bits per heavy atom. The molecular formula is C10H21ClN2. The van der Waals surface area contributed by atoms with Crippen molar-refractivity contribution < 1.29 is 0 Å². The third-order valence-corrected chi connectivity index (χ3v) is 3.34. The third kappa shape index (κ3) is 3.45. The van der Waals surface area contributed by atoms with Crippen LogP contribution < -0.4 is 0 Å². The van der Waals surface area contributed by atoms with Crippen molar-refractivity contribution in [2.24, 2.45) is 5.92 Å². The van der Waals surface area contributed by atoms with Crippen LogP contribution in [-0.2, 0) is 0 Å². The molecule has 0 bridgehead atoms. The fraction of sp³-hybridized carbons (Fsp3) is 1.00. The van der Waals surface area contributed by atoms with Crippen LogP contribution >= 0.6 is 11.6 Å². The lowest BCUT2D eigenvalue weighted by Crippen LogP contribution is -2.33. The molecule has 0 aromatic rings. The maximum atomic E-state index is 5.79. The van der Waals surface area contributed by atoms with Gasteiger partial charge >= 0.3 is 0 Å². The first-order valence-corrected chi connectivity index (χ1v) is 5.61. The van der Waals surface area contributed by atoms with E-state index in [2.05, 4.69) is 30.8 Å². The van der Waals surface area contributed by atoms with Gasteiger partial charge in [-0.2, -0.15) is 0 Å². The van der Waals surface area contributed by atoms with Gasteiger partial charge in [-0.15, -0.1) is 11.6 Å². The van der Waals surface area contributed by atoms with Crippen LogP contribution in [0.15, 0.2) is 0 Å². The first kappa shape index (κ1) is 11.3. The average molecular weight is 205 g/mol. The van der Waals surface area contributed by atoms with Gasteiger partial charge in [0.25, 0.3) is 0 Å². The summed E-state index contributed by atoms with van der Waals surface area (Å²) in [5.41, 5.74) is 0. The molecule has 0 spiro atoms. The summed E-state index contributed by atoms with van der Waals surface area (Å²) in [7, 11) is 4.33. The summed E-state index contributed by atoms with van der Waals surface area (Å²) in [6.45, 7) is 5.84. The number of hydrogen-bond donors (Lipinski definition) is 0. The molecule has 3 heteroatoms. The van der Waals surface area contributed by atoms with Gasteiger partial charge in [0.1, 0.15) is 0 Å². The molecule has 1 aliphatic rings. The second kappa shape index (κ2) is 5.18. The predicted molar refractivity (Wildman–Crippen MR) is 58.4 cm³/mol. The fourth-order valence-electron chi connectivity index (χ4n) is 1.89. The van der Waals surface area contributed by atoms with Crippen molar-refractivity contribution in [1.82, 2.24) is 9.80 Å². The molecule has 0 radical (unpaired) electrons. The van der Waals surface area contributed by atoms with E-state index in [1.165, 1.54) is 19.5 Å². The van der Waals surface area contributed by atoms with Crippen LogP contribution in [0, 0.1) is 5.92 Å². The van der Waals surface area contributed by atoms with Gasteiger partial charge in [-0.25, -0.2) is 0 Å². The average Bonchev–Trinajstić information content (AvgIpc) is 2.52. The first-order chi connectivity index (χ1) is 6.13. The van der Waals surface area contributed by atoms with Gasteiger partial charge in [0, 0.05) is 25.0 Å². The minimum Gasteiger partial charge on any atom is -0.305 e. The van der Waals surface area contributed by atoms with Crippen molar-refractivity contribution in [1.29, 1.82) is 0 Å². The first-order valence-electron chi connectivity index (χ1n) is 5.08. The maximum absolute atomic E-state index is 5.79. The van der Waals surface area contributed by atoms with Gasteiger partial charge in [0.05, 0.1) is 0 Å². The molecule has 2 nitrogen and oxygen atoms in total. The maximum Gasteiger partial charge on any atom is 0.0261 e. The minimum absolute atomic E-state index is 0.627. The Balaban J connectivity index is 2.25. The summed E-state index contributed by atoms with van der Waals surface area (Å²) in [6.07, 6.45) is 1.31. The summed E-state index contributed by atoms with van der Waals surface area (Å²) in [6, 6.07) is 0.752. The molecule has 0 aromatic heterocycles. The van der Waals surface area contributed by atoms with Crippen LogP contribution in [0.4, 0.5) is 0 Å². The van der Waals surface area contributed by atoms with Crippen LogP contribution in [0.2, 0.25) is 0 Å². The topological polar surface area (TPSA) is 6.48 Å². The highest BCUT2D eigenvalue weighted by Gasteiger charge is 2.24. The zero-order chi connectivity index (χ0) is 9.84. The minimum atomic E-state index is 0.627. The van der Waals surface area contributed by atoms with Gasteiger partial charge in [-0.3, -0.25) is 0 Å². The van der Waals surface area contributed by atoms with Crippen LogP contribution in [0.25, 0.3) is 0 Å². The van der Waals surface area contributed by atoms with Crippen molar-refractivity contribution >= 4 is 11.6 Å². The van der Waals surface area contributed by atoms with Crippen molar-refractivity contribution in [2.45, 2.75) is 19.4 Å². The highest BCUT2D eigenvalue weighted by atomic mass is 35.5. The number of halogens is 1. The van der Waals surface area contributed by atoms with Gasteiger partial charge in [-0.1, -0.05) is 6.92 Å². The van der Waals surface area contributed by atoms with E-state index in [1.54, 1.807) is 0 Å². The molecule has 1 fully saturated rings. The third-order valence-electron chi connectivity index (χ3n) is 2.81. The van der Waals surface area contributed by atoms with Gasteiger partial charge in [0.2, 0.25) is 0 Å². The summed E-state index contributed by atoms with van der Waals surface area (Å²) < 4.78 is 0.